The molecule has 0 aliphatic carbocycles. The molecule has 0 bridgehead atoms. The largest absolute Gasteiger partial charge is 0.494 e. The number of benzene rings is 1. The van der Waals surface area contributed by atoms with Gasteiger partial charge in [-0.05, 0) is 65.9 Å². The highest BCUT2D eigenvalue weighted by molar-refractivity contribution is 6.62. The van der Waals surface area contributed by atoms with Crippen LogP contribution in [0.25, 0.3) is 0 Å². The lowest BCUT2D eigenvalue weighted by atomic mass is 9.79. The molecule has 1 heterocycles. The van der Waals surface area contributed by atoms with Crippen LogP contribution in [0.15, 0.2) is 24.3 Å². The first-order valence-corrected chi connectivity index (χ1v) is 11.0. The maximum atomic E-state index is 11.8. The van der Waals surface area contributed by atoms with Crippen molar-refractivity contribution in [1.82, 2.24) is 10.6 Å². The Labute approximate surface area is 187 Å². The molecule has 1 amide bonds. The number of nitrogens with one attached hydrogen (secondary N) is 2. The number of methoxy groups -OCH3 is 1. The van der Waals surface area contributed by atoms with Crippen LogP contribution in [0.2, 0.25) is 0 Å². The predicted molar refractivity (Wildman–Crippen MR) is 124 cm³/mol. The van der Waals surface area contributed by atoms with Gasteiger partial charge in [0.25, 0.3) is 0 Å². The van der Waals surface area contributed by atoms with Gasteiger partial charge < -0.3 is 29.4 Å². The molecule has 1 aliphatic rings. The Morgan fingerprint density at radius 2 is 1.68 bits per heavy atom. The third-order valence-electron chi connectivity index (χ3n) is 5.63. The lowest BCUT2D eigenvalue weighted by molar-refractivity contribution is 0.00578. The maximum absolute atomic E-state index is 11.8. The van der Waals surface area contributed by atoms with Gasteiger partial charge >= 0.3 is 13.2 Å². The van der Waals surface area contributed by atoms with E-state index in [0.29, 0.717) is 19.7 Å². The van der Waals surface area contributed by atoms with Crippen LogP contribution in [0.1, 0.15) is 60.5 Å². The molecule has 0 radical (unpaired) electrons. The number of alkyl carbamates (subject to hydrolysis) is 1. The minimum atomic E-state index is -0.499. The number of carbonyl (C=O) groups is 1. The Morgan fingerprint density at radius 3 is 2.19 bits per heavy atom. The first-order chi connectivity index (χ1) is 14.3. The van der Waals surface area contributed by atoms with Crippen molar-refractivity contribution in [3.05, 3.63) is 29.8 Å². The third kappa shape index (κ3) is 7.79. The Balaban J connectivity index is 1.82. The monoisotopic (exact) mass is 434 g/mol. The van der Waals surface area contributed by atoms with Crippen molar-refractivity contribution >= 4 is 18.7 Å². The van der Waals surface area contributed by atoms with E-state index in [0.717, 1.165) is 17.4 Å². The molecule has 174 valence electrons. The van der Waals surface area contributed by atoms with Gasteiger partial charge in [-0.2, -0.15) is 0 Å². The summed E-state index contributed by atoms with van der Waals surface area (Å²) in [5.74, 6) is 0. The average Bonchev–Trinajstić information content (AvgIpc) is 2.86. The van der Waals surface area contributed by atoms with Crippen LogP contribution in [-0.2, 0) is 25.3 Å². The van der Waals surface area contributed by atoms with Gasteiger partial charge in [0.2, 0.25) is 0 Å². The maximum Gasteiger partial charge on any atom is 0.494 e. The summed E-state index contributed by atoms with van der Waals surface area (Å²) in [5.41, 5.74) is 0.969. The van der Waals surface area contributed by atoms with Crippen LogP contribution < -0.4 is 16.1 Å². The van der Waals surface area contributed by atoms with E-state index in [-0.39, 0.29) is 24.4 Å². The number of carbonyl (C=O) groups excluding carboxylic acids is 1. The van der Waals surface area contributed by atoms with E-state index in [1.807, 2.05) is 20.8 Å². The fourth-order valence-electron chi connectivity index (χ4n) is 3.14. The minimum Gasteiger partial charge on any atom is -0.444 e. The van der Waals surface area contributed by atoms with Crippen molar-refractivity contribution in [2.75, 3.05) is 20.3 Å². The smallest absolute Gasteiger partial charge is 0.444 e. The third-order valence-corrected chi connectivity index (χ3v) is 5.63. The van der Waals surface area contributed by atoms with Crippen LogP contribution in [0.4, 0.5) is 4.79 Å². The van der Waals surface area contributed by atoms with Crippen molar-refractivity contribution in [2.24, 2.45) is 0 Å². The highest BCUT2D eigenvalue weighted by atomic mass is 16.7. The number of ether oxygens (including phenoxy) is 2. The molecular weight excluding hydrogens is 395 g/mol. The van der Waals surface area contributed by atoms with E-state index in [1.54, 1.807) is 7.11 Å². The predicted octanol–water partition coefficient (Wildman–Crippen LogP) is 3.01. The van der Waals surface area contributed by atoms with Crippen molar-refractivity contribution in [2.45, 2.75) is 84.3 Å². The van der Waals surface area contributed by atoms with Gasteiger partial charge in [0, 0.05) is 26.2 Å². The van der Waals surface area contributed by atoms with E-state index in [9.17, 15) is 4.79 Å². The Kier molecular flexibility index (Phi) is 8.56. The molecule has 31 heavy (non-hydrogen) atoms. The summed E-state index contributed by atoms with van der Waals surface area (Å²) < 4.78 is 22.8. The lowest BCUT2D eigenvalue weighted by Gasteiger charge is -2.32. The van der Waals surface area contributed by atoms with Gasteiger partial charge in [0.15, 0.2) is 0 Å². The molecule has 1 aromatic carbocycles. The Morgan fingerprint density at radius 1 is 1.10 bits per heavy atom. The van der Waals surface area contributed by atoms with Gasteiger partial charge in [0.05, 0.1) is 17.8 Å². The molecule has 1 aliphatic heterocycles. The molecule has 0 spiro atoms. The molecule has 7 nitrogen and oxygen atoms in total. The summed E-state index contributed by atoms with van der Waals surface area (Å²) >= 11 is 0. The summed E-state index contributed by atoms with van der Waals surface area (Å²) in [6, 6.07) is 8.37. The average molecular weight is 434 g/mol. The van der Waals surface area contributed by atoms with Gasteiger partial charge in [-0.3, -0.25) is 0 Å². The topological polar surface area (TPSA) is 78.1 Å². The van der Waals surface area contributed by atoms with Crippen LogP contribution in [-0.4, -0.2) is 56.3 Å². The highest BCUT2D eigenvalue weighted by Crippen LogP contribution is 2.36. The molecule has 0 saturated carbocycles. The fraction of sp³-hybridized carbons (Fsp3) is 0.696. The van der Waals surface area contributed by atoms with Gasteiger partial charge in [0.1, 0.15) is 5.60 Å². The molecule has 1 aromatic rings. The molecule has 8 heteroatoms. The molecule has 2 N–H and O–H groups in total. The summed E-state index contributed by atoms with van der Waals surface area (Å²) in [6.07, 6.45) is 0.334. The molecule has 1 fully saturated rings. The second kappa shape index (κ2) is 10.3. The van der Waals surface area contributed by atoms with E-state index in [2.05, 4.69) is 62.6 Å². The van der Waals surface area contributed by atoms with Crippen LogP contribution in [0.5, 0.6) is 0 Å². The van der Waals surface area contributed by atoms with Crippen LogP contribution in [0, 0.1) is 0 Å². The van der Waals surface area contributed by atoms with Gasteiger partial charge in [-0.1, -0.05) is 24.3 Å². The van der Waals surface area contributed by atoms with Gasteiger partial charge in [-0.25, -0.2) is 4.79 Å². The van der Waals surface area contributed by atoms with E-state index < -0.39 is 11.7 Å². The van der Waals surface area contributed by atoms with Crippen molar-refractivity contribution in [1.29, 1.82) is 0 Å². The minimum absolute atomic E-state index is 0.114. The SMILES string of the molecule is COC[C@@H](CCNC(=O)OC(C)(C)C)NCc1ccc(B2OC(C)(C)C(C)(C)O2)cc1. The summed E-state index contributed by atoms with van der Waals surface area (Å²) in [5, 5.41) is 6.29. The van der Waals surface area contributed by atoms with Crippen molar-refractivity contribution < 1.29 is 23.6 Å². The zero-order valence-corrected chi connectivity index (χ0v) is 20.3. The van der Waals surface area contributed by atoms with Crippen molar-refractivity contribution in [3.63, 3.8) is 0 Å². The molecule has 0 aromatic heterocycles. The van der Waals surface area contributed by atoms with E-state index >= 15 is 0 Å². The fourth-order valence-corrected chi connectivity index (χ4v) is 3.14. The standard InChI is InChI=1S/C23H39BN2O5/c1-21(2,3)29-20(27)25-14-13-19(16-28-8)26-15-17-9-11-18(12-10-17)24-30-22(4,5)23(6,7)31-24/h9-12,19,26H,13-16H2,1-8H3,(H,25,27)/t19-/m1/s1. The first-order valence-electron chi connectivity index (χ1n) is 11.0. The Bertz CT molecular complexity index is 700. The van der Waals surface area contributed by atoms with Gasteiger partial charge in [-0.15, -0.1) is 0 Å². The number of amides is 1. The normalized spacial score (nSPS) is 18.6. The quantitative estimate of drug-likeness (QED) is 0.582. The lowest BCUT2D eigenvalue weighted by Crippen LogP contribution is -2.41. The number of rotatable bonds is 9. The molecule has 1 saturated heterocycles. The first kappa shape index (κ1) is 25.7. The molecule has 2 rings (SSSR count). The number of hydrogen-bond donors (Lipinski definition) is 2. The molecular formula is C23H39BN2O5. The van der Waals surface area contributed by atoms with Crippen LogP contribution in [0.3, 0.4) is 0 Å². The second-order valence-electron chi connectivity index (χ2n) is 10.1. The van der Waals surface area contributed by atoms with Crippen molar-refractivity contribution in [3.8, 4) is 0 Å². The summed E-state index contributed by atoms with van der Waals surface area (Å²) in [6.45, 7) is 15.5. The van der Waals surface area contributed by atoms with Crippen LogP contribution >= 0.6 is 0 Å². The molecule has 1 atom stereocenters. The highest BCUT2D eigenvalue weighted by Gasteiger charge is 2.51. The number of hydrogen-bond acceptors (Lipinski definition) is 6. The summed E-state index contributed by atoms with van der Waals surface area (Å²) in [7, 11) is 1.32. The Hall–Kier alpha value is -1.61. The summed E-state index contributed by atoms with van der Waals surface area (Å²) in [4.78, 5) is 11.8. The van der Waals surface area contributed by atoms with E-state index in [1.165, 1.54) is 0 Å². The zero-order valence-electron chi connectivity index (χ0n) is 20.3. The molecule has 0 unspecified atom stereocenters. The van der Waals surface area contributed by atoms with E-state index in [4.69, 9.17) is 18.8 Å². The second-order valence-corrected chi connectivity index (χ2v) is 10.1. The zero-order chi connectivity index (χ0) is 23.3.